The zero-order chi connectivity index (χ0) is 9.30. The third-order valence-corrected chi connectivity index (χ3v) is 1.94. The van der Waals surface area contributed by atoms with Gasteiger partial charge in [0, 0.05) is 0 Å². The summed E-state index contributed by atoms with van der Waals surface area (Å²) in [4.78, 5) is 21.9. The van der Waals surface area contributed by atoms with E-state index < -0.39 is 12.2 Å². The summed E-state index contributed by atoms with van der Waals surface area (Å²) in [7, 11) is 0. The summed E-state index contributed by atoms with van der Waals surface area (Å²) in [5, 5.41) is 4.62. The molecule has 5 nitrogen and oxygen atoms in total. The number of hydrogen-bond donors (Lipinski definition) is 3. The summed E-state index contributed by atoms with van der Waals surface area (Å²) in [5.74, 6) is -0.496. The van der Waals surface area contributed by atoms with Crippen LogP contribution in [0.3, 0.4) is 0 Å². The Labute approximate surface area is 70.7 Å². The Balaban J connectivity index is 2.73. The lowest BCUT2D eigenvalue weighted by Crippen LogP contribution is -2.62. The molecule has 1 aliphatic rings. The smallest absolute Gasteiger partial charge is 0.322 e. The fraction of sp³-hybridized carbons (Fsp3) is 0.714. The van der Waals surface area contributed by atoms with Gasteiger partial charge >= 0.3 is 6.03 Å². The predicted molar refractivity (Wildman–Crippen MR) is 43.0 cm³/mol. The zero-order valence-corrected chi connectivity index (χ0v) is 7.13. The van der Waals surface area contributed by atoms with Crippen LogP contribution in [0.25, 0.3) is 0 Å². The van der Waals surface area contributed by atoms with Gasteiger partial charge in [-0.3, -0.25) is 10.1 Å². The van der Waals surface area contributed by atoms with Crippen molar-refractivity contribution in [1.29, 1.82) is 0 Å². The molecule has 1 rings (SSSR count). The molecule has 0 spiro atoms. The summed E-state index contributed by atoms with van der Waals surface area (Å²) in [6.07, 6.45) is -0.564. The minimum Gasteiger partial charge on any atom is -0.322 e. The lowest BCUT2D eigenvalue weighted by atomic mass is 9.91. The van der Waals surface area contributed by atoms with Crippen molar-refractivity contribution < 1.29 is 9.59 Å². The first-order valence-corrected chi connectivity index (χ1v) is 3.89. The normalized spacial score (nSPS) is 30.0. The first-order chi connectivity index (χ1) is 5.52. The van der Waals surface area contributed by atoms with Gasteiger partial charge in [0.15, 0.2) is 0 Å². The third-order valence-electron chi connectivity index (χ3n) is 1.94. The van der Waals surface area contributed by atoms with Gasteiger partial charge in [0.2, 0.25) is 5.91 Å². The van der Waals surface area contributed by atoms with Crippen LogP contribution in [0.1, 0.15) is 13.8 Å². The van der Waals surface area contributed by atoms with Gasteiger partial charge in [-0.2, -0.15) is 0 Å². The van der Waals surface area contributed by atoms with Crippen molar-refractivity contribution >= 4 is 11.9 Å². The highest BCUT2D eigenvalue weighted by molar-refractivity contribution is 5.98. The van der Waals surface area contributed by atoms with E-state index in [1.165, 1.54) is 0 Å². The van der Waals surface area contributed by atoms with Crippen molar-refractivity contribution in [3.05, 3.63) is 0 Å². The van der Waals surface area contributed by atoms with E-state index in [-0.39, 0.29) is 17.7 Å². The Hall–Kier alpha value is -1.10. The minimum atomic E-state index is -0.564. The van der Waals surface area contributed by atoms with E-state index in [1.807, 2.05) is 13.8 Å². The molecule has 0 aromatic rings. The lowest BCUT2D eigenvalue weighted by molar-refractivity contribution is -0.127. The molecule has 0 aromatic carbocycles. The number of imide groups is 1. The largest absolute Gasteiger partial charge is 0.322 e. The third kappa shape index (κ3) is 1.55. The molecule has 1 aliphatic heterocycles. The lowest BCUT2D eigenvalue weighted by Gasteiger charge is -2.30. The van der Waals surface area contributed by atoms with Crippen molar-refractivity contribution in [1.82, 2.24) is 10.6 Å². The molecule has 0 saturated carbocycles. The van der Waals surface area contributed by atoms with Crippen molar-refractivity contribution in [3.8, 4) is 0 Å². The Morgan fingerprint density at radius 3 is 2.42 bits per heavy atom. The van der Waals surface area contributed by atoms with Gasteiger partial charge < -0.3 is 11.1 Å². The van der Waals surface area contributed by atoms with Gasteiger partial charge in [0.05, 0.1) is 12.1 Å². The number of rotatable bonds is 1. The first-order valence-electron chi connectivity index (χ1n) is 3.89. The highest BCUT2D eigenvalue weighted by atomic mass is 16.2. The summed E-state index contributed by atoms with van der Waals surface area (Å²) in [6, 6.07) is -0.510. The summed E-state index contributed by atoms with van der Waals surface area (Å²) in [6.45, 7) is 3.78. The van der Waals surface area contributed by atoms with Crippen LogP contribution in [-0.2, 0) is 4.79 Å². The van der Waals surface area contributed by atoms with Crippen LogP contribution in [0.15, 0.2) is 0 Å². The number of carbonyl (C=O) groups is 2. The molecular formula is C7H13N3O2. The van der Waals surface area contributed by atoms with Gasteiger partial charge in [-0.15, -0.1) is 0 Å². The predicted octanol–water partition coefficient (Wildman–Crippen LogP) is -0.617. The number of urea groups is 1. The molecule has 3 amide bonds. The molecule has 68 valence electrons. The molecule has 0 bridgehead atoms. The quantitative estimate of drug-likeness (QED) is 0.491. The van der Waals surface area contributed by atoms with Crippen LogP contribution in [-0.4, -0.2) is 18.1 Å². The average molecular weight is 171 g/mol. The molecule has 1 heterocycles. The Kier molecular flexibility index (Phi) is 2.32. The molecule has 1 fully saturated rings. The number of hydrogen-bond acceptors (Lipinski definition) is 3. The summed E-state index contributed by atoms with van der Waals surface area (Å²) >= 11 is 0. The monoisotopic (exact) mass is 171 g/mol. The van der Waals surface area contributed by atoms with Crippen LogP contribution in [0.2, 0.25) is 0 Å². The Morgan fingerprint density at radius 2 is 2.00 bits per heavy atom. The molecule has 0 radical (unpaired) electrons. The van der Waals surface area contributed by atoms with E-state index in [2.05, 4.69) is 10.6 Å². The molecule has 2 atom stereocenters. The van der Waals surface area contributed by atoms with Gasteiger partial charge in [-0.25, -0.2) is 4.79 Å². The molecule has 5 heteroatoms. The van der Waals surface area contributed by atoms with E-state index in [9.17, 15) is 9.59 Å². The van der Waals surface area contributed by atoms with Crippen molar-refractivity contribution in [2.24, 2.45) is 17.6 Å². The second-order valence-electron chi connectivity index (χ2n) is 3.26. The van der Waals surface area contributed by atoms with Gasteiger partial charge in [0.1, 0.15) is 0 Å². The average Bonchev–Trinajstić information content (AvgIpc) is 1.82. The molecule has 2 unspecified atom stereocenters. The Morgan fingerprint density at radius 1 is 1.42 bits per heavy atom. The zero-order valence-electron chi connectivity index (χ0n) is 7.13. The topological polar surface area (TPSA) is 84.2 Å². The highest BCUT2D eigenvalue weighted by Crippen LogP contribution is 2.15. The van der Waals surface area contributed by atoms with Crippen LogP contribution >= 0.6 is 0 Å². The maximum Gasteiger partial charge on any atom is 0.322 e. The molecule has 0 aliphatic carbocycles. The maximum absolute atomic E-state index is 11.2. The molecule has 4 N–H and O–H groups in total. The standard InChI is InChI=1S/C7H13N3O2/c1-3(2)4-5(8)9-7(12)10-6(4)11/h3-5H,8H2,1-2H3,(H2,9,10,11,12). The number of amides is 3. The van der Waals surface area contributed by atoms with Gasteiger partial charge in [-0.05, 0) is 5.92 Å². The van der Waals surface area contributed by atoms with E-state index in [1.54, 1.807) is 0 Å². The van der Waals surface area contributed by atoms with Crippen LogP contribution in [0.4, 0.5) is 4.79 Å². The number of carbonyl (C=O) groups excluding carboxylic acids is 2. The number of nitrogens with two attached hydrogens (primary N) is 1. The van der Waals surface area contributed by atoms with Gasteiger partial charge in [-0.1, -0.05) is 13.8 Å². The second-order valence-corrected chi connectivity index (χ2v) is 3.26. The summed E-state index contributed by atoms with van der Waals surface area (Å²) in [5.41, 5.74) is 5.57. The van der Waals surface area contributed by atoms with E-state index in [4.69, 9.17) is 5.73 Å². The van der Waals surface area contributed by atoms with Crippen molar-refractivity contribution in [2.75, 3.05) is 0 Å². The maximum atomic E-state index is 11.2. The molecule has 0 aromatic heterocycles. The van der Waals surface area contributed by atoms with E-state index in [0.29, 0.717) is 0 Å². The van der Waals surface area contributed by atoms with E-state index >= 15 is 0 Å². The highest BCUT2D eigenvalue weighted by Gasteiger charge is 2.34. The minimum absolute atomic E-state index is 0.126. The van der Waals surface area contributed by atoms with E-state index in [0.717, 1.165) is 0 Å². The SMILES string of the molecule is CC(C)C1C(=O)NC(=O)NC1N. The fourth-order valence-corrected chi connectivity index (χ4v) is 1.35. The summed E-state index contributed by atoms with van der Waals surface area (Å²) < 4.78 is 0. The molecule has 1 saturated heterocycles. The molecule has 12 heavy (non-hydrogen) atoms. The van der Waals surface area contributed by atoms with Crippen molar-refractivity contribution in [3.63, 3.8) is 0 Å². The van der Waals surface area contributed by atoms with Crippen LogP contribution in [0.5, 0.6) is 0 Å². The second kappa shape index (κ2) is 3.10. The molecular weight excluding hydrogens is 158 g/mol. The Bertz CT molecular complexity index is 215. The van der Waals surface area contributed by atoms with Gasteiger partial charge in [0.25, 0.3) is 0 Å². The first kappa shape index (κ1) is 8.99. The van der Waals surface area contributed by atoms with Crippen molar-refractivity contribution in [2.45, 2.75) is 20.0 Å². The fourth-order valence-electron chi connectivity index (χ4n) is 1.35. The van der Waals surface area contributed by atoms with Crippen LogP contribution < -0.4 is 16.4 Å². The number of nitrogens with one attached hydrogen (secondary N) is 2. The van der Waals surface area contributed by atoms with Crippen LogP contribution in [0, 0.1) is 11.8 Å².